The highest BCUT2D eigenvalue weighted by Gasteiger charge is 2.44. The molecule has 2 saturated carbocycles. The fraction of sp³-hybridized carbons (Fsp3) is 0.842. The summed E-state index contributed by atoms with van der Waals surface area (Å²) in [6.45, 7) is 7.06. The summed E-state index contributed by atoms with van der Waals surface area (Å²) in [6, 6.07) is 0. The molecule has 0 N–H and O–H groups in total. The molecule has 1 unspecified atom stereocenters. The fourth-order valence-electron chi connectivity index (χ4n) is 5.14. The Morgan fingerprint density at radius 2 is 1.95 bits per heavy atom. The molecule has 0 aromatic heterocycles. The molecule has 3 aliphatic rings. The van der Waals surface area contributed by atoms with Crippen molar-refractivity contribution >= 4 is 5.78 Å². The van der Waals surface area contributed by atoms with Crippen LogP contribution in [0.1, 0.15) is 72.1 Å². The lowest BCUT2D eigenvalue weighted by Crippen LogP contribution is -2.28. The Labute approximate surface area is 124 Å². The van der Waals surface area contributed by atoms with Crippen molar-refractivity contribution in [3.63, 3.8) is 0 Å². The first-order valence-electron chi connectivity index (χ1n) is 8.66. The number of carbonyl (C=O) groups is 1. The van der Waals surface area contributed by atoms with Crippen molar-refractivity contribution in [2.24, 2.45) is 29.1 Å². The van der Waals surface area contributed by atoms with Gasteiger partial charge in [0.25, 0.3) is 0 Å². The van der Waals surface area contributed by atoms with Crippen LogP contribution in [0.2, 0.25) is 0 Å². The van der Waals surface area contributed by atoms with E-state index in [2.05, 4.69) is 26.8 Å². The summed E-state index contributed by atoms with van der Waals surface area (Å²) in [7, 11) is 0. The summed E-state index contributed by atoms with van der Waals surface area (Å²) in [4.78, 5) is 11.9. The van der Waals surface area contributed by atoms with Crippen molar-refractivity contribution < 1.29 is 4.79 Å². The molecular weight excluding hydrogens is 244 g/mol. The maximum Gasteiger partial charge on any atom is 0.133 e. The predicted molar refractivity (Wildman–Crippen MR) is 83.4 cm³/mol. The van der Waals surface area contributed by atoms with Crippen LogP contribution in [0, 0.1) is 29.1 Å². The van der Waals surface area contributed by atoms with Crippen LogP contribution in [0.15, 0.2) is 11.6 Å². The zero-order valence-electron chi connectivity index (χ0n) is 13.5. The van der Waals surface area contributed by atoms with Crippen LogP contribution in [-0.4, -0.2) is 5.78 Å². The van der Waals surface area contributed by atoms with Gasteiger partial charge < -0.3 is 0 Å². The van der Waals surface area contributed by atoms with E-state index in [9.17, 15) is 4.79 Å². The SMILES string of the molecule is CC(C)(C)CC1=C[C@H]2CCC[C@H]2[C@@H]1C1CCCC(=O)C1. The van der Waals surface area contributed by atoms with Crippen LogP contribution in [0.4, 0.5) is 0 Å². The molecule has 0 radical (unpaired) electrons. The quantitative estimate of drug-likeness (QED) is 0.636. The summed E-state index contributed by atoms with van der Waals surface area (Å²) in [5, 5.41) is 0. The number of fused-ring (bicyclic) bond motifs is 1. The van der Waals surface area contributed by atoms with Gasteiger partial charge in [0.15, 0.2) is 0 Å². The number of hydrogen-bond donors (Lipinski definition) is 0. The van der Waals surface area contributed by atoms with Gasteiger partial charge in [0.1, 0.15) is 5.78 Å². The number of carbonyl (C=O) groups excluding carboxylic acids is 1. The maximum atomic E-state index is 11.9. The molecule has 0 heterocycles. The number of allylic oxidation sites excluding steroid dienone is 2. The van der Waals surface area contributed by atoms with Gasteiger partial charge in [-0.2, -0.15) is 0 Å². The molecule has 3 aliphatic carbocycles. The van der Waals surface area contributed by atoms with Gasteiger partial charge in [0.2, 0.25) is 0 Å². The minimum Gasteiger partial charge on any atom is -0.300 e. The van der Waals surface area contributed by atoms with Crippen LogP contribution < -0.4 is 0 Å². The molecule has 112 valence electrons. The fourth-order valence-corrected chi connectivity index (χ4v) is 5.14. The smallest absolute Gasteiger partial charge is 0.133 e. The largest absolute Gasteiger partial charge is 0.300 e. The summed E-state index contributed by atoms with van der Waals surface area (Å²) < 4.78 is 0. The molecule has 0 saturated heterocycles. The Hall–Kier alpha value is -0.590. The molecule has 0 aromatic rings. The molecule has 0 spiro atoms. The molecule has 4 atom stereocenters. The van der Waals surface area contributed by atoms with Gasteiger partial charge in [0, 0.05) is 12.8 Å². The van der Waals surface area contributed by atoms with Crippen molar-refractivity contribution in [1.29, 1.82) is 0 Å². The first kappa shape index (κ1) is 14.4. The van der Waals surface area contributed by atoms with Gasteiger partial charge in [-0.3, -0.25) is 4.79 Å². The number of Topliss-reactive ketones (excluding diaryl/α,β-unsaturated/α-hetero) is 1. The Bertz CT molecular complexity index is 412. The highest BCUT2D eigenvalue weighted by Crippen LogP contribution is 2.53. The van der Waals surface area contributed by atoms with Gasteiger partial charge in [-0.1, -0.05) is 38.8 Å². The number of hydrogen-bond acceptors (Lipinski definition) is 1. The number of ketones is 1. The van der Waals surface area contributed by atoms with Crippen molar-refractivity contribution in [1.82, 2.24) is 0 Å². The maximum absolute atomic E-state index is 11.9. The minimum atomic E-state index is 0.376. The van der Waals surface area contributed by atoms with Crippen molar-refractivity contribution in [3.05, 3.63) is 11.6 Å². The highest BCUT2D eigenvalue weighted by atomic mass is 16.1. The van der Waals surface area contributed by atoms with E-state index >= 15 is 0 Å². The van der Waals surface area contributed by atoms with Gasteiger partial charge in [-0.15, -0.1) is 0 Å². The van der Waals surface area contributed by atoms with E-state index in [0.717, 1.165) is 37.0 Å². The van der Waals surface area contributed by atoms with E-state index in [-0.39, 0.29) is 0 Å². The molecule has 1 heteroatoms. The lowest BCUT2D eigenvalue weighted by Gasteiger charge is -2.35. The van der Waals surface area contributed by atoms with Gasteiger partial charge >= 0.3 is 0 Å². The Morgan fingerprint density at radius 1 is 1.15 bits per heavy atom. The van der Waals surface area contributed by atoms with Gasteiger partial charge in [0.05, 0.1) is 0 Å². The summed E-state index contributed by atoms with van der Waals surface area (Å²) in [6.07, 6.45) is 12.2. The molecule has 20 heavy (non-hydrogen) atoms. The normalized spacial score (nSPS) is 38.0. The molecule has 1 nitrogen and oxygen atoms in total. The lowest BCUT2D eigenvalue weighted by molar-refractivity contribution is -0.122. The first-order chi connectivity index (χ1) is 9.44. The second kappa shape index (κ2) is 5.31. The average Bonchev–Trinajstić information content (AvgIpc) is 2.86. The average molecular weight is 274 g/mol. The highest BCUT2D eigenvalue weighted by molar-refractivity contribution is 5.79. The first-order valence-corrected chi connectivity index (χ1v) is 8.66. The number of rotatable bonds is 2. The van der Waals surface area contributed by atoms with Crippen LogP contribution in [0.3, 0.4) is 0 Å². The van der Waals surface area contributed by atoms with Crippen LogP contribution >= 0.6 is 0 Å². The zero-order valence-corrected chi connectivity index (χ0v) is 13.5. The molecular formula is C19H30O. The molecule has 0 amide bonds. The lowest BCUT2D eigenvalue weighted by atomic mass is 9.69. The molecule has 2 fully saturated rings. The standard InChI is InChI=1S/C19H30O/c1-19(2,3)12-15-10-13-6-5-9-17(13)18(15)14-7-4-8-16(20)11-14/h10,13-14,17-18H,4-9,11-12H2,1-3H3/t13-,14?,17-,18-/m1/s1. The summed E-state index contributed by atoms with van der Waals surface area (Å²) in [5.74, 6) is 3.65. The van der Waals surface area contributed by atoms with E-state index in [0.29, 0.717) is 17.1 Å². The van der Waals surface area contributed by atoms with Gasteiger partial charge in [-0.25, -0.2) is 0 Å². The third-order valence-electron chi connectivity index (χ3n) is 5.71. The Kier molecular flexibility index (Phi) is 3.81. The summed E-state index contributed by atoms with van der Waals surface area (Å²) >= 11 is 0. The van der Waals surface area contributed by atoms with E-state index in [1.165, 1.54) is 32.1 Å². The monoisotopic (exact) mass is 274 g/mol. The molecule has 3 rings (SSSR count). The van der Waals surface area contributed by atoms with E-state index < -0.39 is 0 Å². The predicted octanol–water partition coefficient (Wildman–Crippen LogP) is 5.15. The second-order valence-corrected chi connectivity index (χ2v) is 8.66. The Balaban J connectivity index is 1.81. The van der Waals surface area contributed by atoms with Crippen LogP contribution in [-0.2, 0) is 4.79 Å². The van der Waals surface area contributed by atoms with E-state index in [1.807, 2.05) is 0 Å². The molecule has 0 bridgehead atoms. The minimum absolute atomic E-state index is 0.376. The van der Waals surface area contributed by atoms with E-state index in [4.69, 9.17) is 0 Å². The van der Waals surface area contributed by atoms with E-state index in [1.54, 1.807) is 5.57 Å². The van der Waals surface area contributed by atoms with Crippen molar-refractivity contribution in [2.75, 3.05) is 0 Å². The summed E-state index contributed by atoms with van der Waals surface area (Å²) in [5.41, 5.74) is 2.09. The van der Waals surface area contributed by atoms with Gasteiger partial charge in [-0.05, 0) is 61.2 Å². The third kappa shape index (κ3) is 2.87. The zero-order chi connectivity index (χ0) is 14.3. The topological polar surface area (TPSA) is 17.1 Å². The second-order valence-electron chi connectivity index (χ2n) is 8.66. The molecule has 0 aliphatic heterocycles. The third-order valence-corrected chi connectivity index (χ3v) is 5.71. The van der Waals surface area contributed by atoms with Crippen LogP contribution in [0.25, 0.3) is 0 Å². The van der Waals surface area contributed by atoms with Crippen molar-refractivity contribution in [2.45, 2.75) is 72.1 Å². The molecule has 0 aromatic carbocycles. The van der Waals surface area contributed by atoms with Crippen molar-refractivity contribution in [3.8, 4) is 0 Å². The Morgan fingerprint density at radius 3 is 2.65 bits per heavy atom. The van der Waals surface area contributed by atoms with Crippen LogP contribution in [0.5, 0.6) is 0 Å².